The molecule has 1 atom stereocenters. The predicted molar refractivity (Wildman–Crippen MR) is 65.2 cm³/mol. The van der Waals surface area contributed by atoms with Crippen LogP contribution in [-0.2, 0) is 7.05 Å². The van der Waals surface area contributed by atoms with E-state index in [1.54, 1.807) is 23.0 Å². The summed E-state index contributed by atoms with van der Waals surface area (Å²) < 4.78 is 15.1. The van der Waals surface area contributed by atoms with E-state index >= 15 is 0 Å². The van der Waals surface area contributed by atoms with Crippen molar-refractivity contribution in [3.8, 4) is 0 Å². The first kappa shape index (κ1) is 11.8. The molecule has 0 saturated carbocycles. The Balaban J connectivity index is 2.45. The highest BCUT2D eigenvalue weighted by atomic mass is 19.1. The summed E-state index contributed by atoms with van der Waals surface area (Å²) in [6.07, 6.45) is 3.73. The molecule has 1 N–H and O–H groups in total. The van der Waals surface area contributed by atoms with E-state index in [4.69, 9.17) is 0 Å². The van der Waals surface area contributed by atoms with Gasteiger partial charge in [-0.1, -0.05) is 6.07 Å². The van der Waals surface area contributed by atoms with Crippen LogP contribution in [-0.4, -0.2) is 16.8 Å². The van der Waals surface area contributed by atoms with Crippen molar-refractivity contribution in [2.75, 3.05) is 7.05 Å². The molecule has 0 saturated heterocycles. The van der Waals surface area contributed by atoms with E-state index in [0.717, 1.165) is 16.7 Å². The quantitative estimate of drug-likeness (QED) is 0.880. The molecule has 1 aromatic carbocycles. The van der Waals surface area contributed by atoms with E-state index in [0.29, 0.717) is 0 Å². The summed E-state index contributed by atoms with van der Waals surface area (Å²) >= 11 is 0. The molecule has 0 fully saturated rings. The number of benzene rings is 1. The van der Waals surface area contributed by atoms with Crippen molar-refractivity contribution >= 4 is 0 Å². The van der Waals surface area contributed by atoms with Crippen molar-refractivity contribution < 1.29 is 4.39 Å². The molecule has 0 aliphatic rings. The second kappa shape index (κ2) is 4.67. The number of halogens is 1. The van der Waals surface area contributed by atoms with E-state index in [1.165, 1.54) is 6.07 Å². The number of rotatable bonds is 3. The van der Waals surface area contributed by atoms with E-state index in [9.17, 15) is 4.39 Å². The van der Waals surface area contributed by atoms with Gasteiger partial charge >= 0.3 is 0 Å². The molecule has 90 valence electrons. The Morgan fingerprint density at radius 1 is 1.41 bits per heavy atom. The van der Waals surface area contributed by atoms with Crippen LogP contribution >= 0.6 is 0 Å². The molecule has 1 unspecified atom stereocenters. The van der Waals surface area contributed by atoms with Gasteiger partial charge in [0.2, 0.25) is 0 Å². The van der Waals surface area contributed by atoms with Crippen LogP contribution in [0.2, 0.25) is 0 Å². The molecule has 0 amide bonds. The Morgan fingerprint density at radius 3 is 2.76 bits per heavy atom. The van der Waals surface area contributed by atoms with Crippen LogP contribution in [0.15, 0.2) is 30.6 Å². The SMILES string of the molecule is CNC(c1cnn(C)c1)c1cc(F)ccc1C. The first-order chi connectivity index (χ1) is 8.11. The maximum Gasteiger partial charge on any atom is 0.123 e. The predicted octanol–water partition coefficient (Wildman–Crippen LogP) is 2.18. The van der Waals surface area contributed by atoms with Gasteiger partial charge in [-0.2, -0.15) is 5.10 Å². The van der Waals surface area contributed by atoms with Crippen molar-refractivity contribution in [3.05, 3.63) is 53.1 Å². The largest absolute Gasteiger partial charge is 0.309 e. The Bertz CT molecular complexity index is 519. The van der Waals surface area contributed by atoms with Crippen LogP contribution in [0.5, 0.6) is 0 Å². The molecule has 0 aliphatic carbocycles. The number of hydrogen-bond donors (Lipinski definition) is 1. The topological polar surface area (TPSA) is 29.9 Å². The molecule has 0 spiro atoms. The van der Waals surface area contributed by atoms with Gasteiger partial charge in [0, 0.05) is 18.8 Å². The molecule has 3 nitrogen and oxygen atoms in total. The Labute approximate surface area is 100 Å². The number of hydrogen-bond acceptors (Lipinski definition) is 2. The van der Waals surface area contributed by atoms with Crippen molar-refractivity contribution in [2.45, 2.75) is 13.0 Å². The molecule has 17 heavy (non-hydrogen) atoms. The van der Waals surface area contributed by atoms with Crippen LogP contribution in [0.3, 0.4) is 0 Å². The fourth-order valence-electron chi connectivity index (χ4n) is 2.01. The second-order valence-electron chi connectivity index (χ2n) is 4.17. The fraction of sp³-hybridized carbons (Fsp3) is 0.308. The third-order valence-corrected chi connectivity index (χ3v) is 2.90. The molecule has 2 aromatic rings. The van der Waals surface area contributed by atoms with Crippen molar-refractivity contribution in [2.24, 2.45) is 7.05 Å². The first-order valence-corrected chi connectivity index (χ1v) is 5.53. The fourth-order valence-corrected chi connectivity index (χ4v) is 2.01. The second-order valence-corrected chi connectivity index (χ2v) is 4.17. The van der Waals surface area contributed by atoms with Crippen molar-refractivity contribution in [3.63, 3.8) is 0 Å². The number of nitrogens with zero attached hydrogens (tertiary/aromatic N) is 2. The van der Waals surface area contributed by atoms with Gasteiger partial charge in [0.15, 0.2) is 0 Å². The van der Waals surface area contributed by atoms with Gasteiger partial charge < -0.3 is 5.32 Å². The highest BCUT2D eigenvalue weighted by molar-refractivity contribution is 5.35. The third-order valence-electron chi connectivity index (χ3n) is 2.90. The van der Waals surface area contributed by atoms with Crippen LogP contribution in [0.4, 0.5) is 4.39 Å². The van der Waals surface area contributed by atoms with Gasteiger partial charge in [-0.15, -0.1) is 0 Å². The summed E-state index contributed by atoms with van der Waals surface area (Å²) in [4.78, 5) is 0. The summed E-state index contributed by atoms with van der Waals surface area (Å²) in [5.74, 6) is -0.213. The van der Waals surface area contributed by atoms with Crippen LogP contribution < -0.4 is 5.32 Å². The van der Waals surface area contributed by atoms with Gasteiger partial charge in [-0.25, -0.2) is 4.39 Å². The normalized spacial score (nSPS) is 12.7. The Hall–Kier alpha value is -1.68. The minimum Gasteiger partial charge on any atom is -0.309 e. The van der Waals surface area contributed by atoms with Crippen LogP contribution in [0.25, 0.3) is 0 Å². The number of aryl methyl sites for hydroxylation is 2. The Morgan fingerprint density at radius 2 is 2.18 bits per heavy atom. The molecule has 0 radical (unpaired) electrons. The first-order valence-electron chi connectivity index (χ1n) is 5.53. The molecule has 0 bridgehead atoms. The summed E-state index contributed by atoms with van der Waals surface area (Å²) in [6, 6.07) is 4.82. The van der Waals surface area contributed by atoms with Crippen LogP contribution in [0.1, 0.15) is 22.7 Å². The van der Waals surface area contributed by atoms with Crippen molar-refractivity contribution in [1.82, 2.24) is 15.1 Å². The van der Waals surface area contributed by atoms with Gasteiger partial charge in [0.1, 0.15) is 5.82 Å². The summed E-state index contributed by atoms with van der Waals surface area (Å²) in [5, 5.41) is 7.34. The number of aromatic nitrogens is 2. The van der Waals surface area contributed by atoms with Gasteiger partial charge in [-0.3, -0.25) is 4.68 Å². The number of nitrogens with one attached hydrogen (secondary N) is 1. The molecule has 2 rings (SSSR count). The van der Waals surface area contributed by atoms with Crippen molar-refractivity contribution in [1.29, 1.82) is 0 Å². The average molecular weight is 233 g/mol. The molecule has 4 heteroatoms. The summed E-state index contributed by atoms with van der Waals surface area (Å²) in [6.45, 7) is 1.98. The zero-order valence-corrected chi connectivity index (χ0v) is 10.2. The summed E-state index contributed by atoms with van der Waals surface area (Å²) in [7, 11) is 3.73. The van der Waals surface area contributed by atoms with E-state index in [2.05, 4.69) is 10.4 Å². The van der Waals surface area contributed by atoms with E-state index in [1.807, 2.05) is 27.2 Å². The highest BCUT2D eigenvalue weighted by Crippen LogP contribution is 2.24. The van der Waals surface area contributed by atoms with Gasteiger partial charge in [0.05, 0.1) is 12.2 Å². The lowest BCUT2D eigenvalue weighted by atomic mass is 9.97. The maximum absolute atomic E-state index is 13.3. The monoisotopic (exact) mass is 233 g/mol. The molecular formula is C13H16FN3. The zero-order chi connectivity index (χ0) is 12.4. The standard InChI is InChI=1S/C13H16FN3/c1-9-4-5-11(14)6-12(9)13(15-2)10-7-16-17(3)8-10/h4-8,13,15H,1-3H3. The zero-order valence-electron chi connectivity index (χ0n) is 10.2. The minimum absolute atomic E-state index is 0.0283. The average Bonchev–Trinajstić information content (AvgIpc) is 2.71. The van der Waals surface area contributed by atoms with E-state index < -0.39 is 0 Å². The van der Waals surface area contributed by atoms with Gasteiger partial charge in [-0.05, 0) is 37.2 Å². The maximum atomic E-state index is 13.3. The van der Waals surface area contributed by atoms with E-state index in [-0.39, 0.29) is 11.9 Å². The third kappa shape index (κ3) is 2.36. The minimum atomic E-state index is -0.213. The smallest absolute Gasteiger partial charge is 0.123 e. The molecule has 1 heterocycles. The van der Waals surface area contributed by atoms with Gasteiger partial charge in [0.25, 0.3) is 0 Å². The highest BCUT2D eigenvalue weighted by Gasteiger charge is 2.16. The summed E-state index contributed by atoms with van der Waals surface area (Å²) in [5.41, 5.74) is 3.04. The molecule has 1 aromatic heterocycles. The van der Waals surface area contributed by atoms with Crippen LogP contribution in [0, 0.1) is 12.7 Å². The molecule has 0 aliphatic heterocycles. The lowest BCUT2D eigenvalue weighted by Gasteiger charge is -2.17. The Kier molecular flexibility index (Phi) is 3.24. The lowest BCUT2D eigenvalue weighted by molar-refractivity contribution is 0.615. The lowest BCUT2D eigenvalue weighted by Crippen LogP contribution is -2.18. The molecular weight excluding hydrogens is 217 g/mol.